The van der Waals surface area contributed by atoms with Gasteiger partial charge in [-0.25, -0.2) is 8.42 Å². The van der Waals surface area contributed by atoms with Crippen molar-refractivity contribution in [2.75, 3.05) is 18.6 Å². The molecule has 0 radical (unpaired) electrons. The average molecular weight is 293 g/mol. The fourth-order valence-electron chi connectivity index (χ4n) is 1.98. The predicted octanol–water partition coefficient (Wildman–Crippen LogP) is 1.52. The molecule has 0 bridgehead atoms. The summed E-state index contributed by atoms with van der Waals surface area (Å²) in [4.78, 5) is 0. The molecule has 2 rings (SSSR count). The molecule has 0 aliphatic heterocycles. The van der Waals surface area contributed by atoms with Gasteiger partial charge in [-0.2, -0.15) is 5.10 Å². The van der Waals surface area contributed by atoms with Crippen LogP contribution in [0.1, 0.15) is 11.1 Å². The van der Waals surface area contributed by atoms with Crippen molar-refractivity contribution >= 4 is 9.84 Å². The van der Waals surface area contributed by atoms with Gasteiger partial charge in [-0.3, -0.25) is 5.10 Å². The van der Waals surface area contributed by atoms with Gasteiger partial charge in [-0.1, -0.05) is 23.8 Å². The van der Waals surface area contributed by atoms with Crippen molar-refractivity contribution in [3.05, 3.63) is 41.6 Å². The molecule has 0 spiro atoms. The maximum Gasteiger partial charge on any atom is 0.148 e. The molecule has 1 aromatic carbocycles. The van der Waals surface area contributed by atoms with Crippen LogP contribution in [0.4, 0.5) is 0 Å². The number of aromatic nitrogens is 2. The molecule has 0 saturated heterocycles. The van der Waals surface area contributed by atoms with Gasteiger partial charge < -0.3 is 5.32 Å². The Bertz CT molecular complexity index is 677. The summed E-state index contributed by atoms with van der Waals surface area (Å²) in [6.07, 6.45) is 3.01. The number of benzene rings is 1. The number of H-pyrrole nitrogens is 1. The van der Waals surface area contributed by atoms with E-state index in [4.69, 9.17) is 0 Å². The Balaban J connectivity index is 2.02. The molecule has 1 heterocycles. The third-order valence-corrected chi connectivity index (χ3v) is 3.94. The minimum absolute atomic E-state index is 0.143. The molecular formula is C14H19N3O2S. The van der Waals surface area contributed by atoms with Gasteiger partial charge in [-0.05, 0) is 13.0 Å². The van der Waals surface area contributed by atoms with E-state index in [-0.39, 0.29) is 5.75 Å². The molecule has 0 aliphatic rings. The maximum absolute atomic E-state index is 11.1. The predicted molar refractivity (Wildman–Crippen MR) is 80.2 cm³/mol. The highest BCUT2D eigenvalue weighted by Gasteiger charge is 2.08. The van der Waals surface area contributed by atoms with Gasteiger partial charge in [0.1, 0.15) is 9.84 Å². The fourth-order valence-corrected chi connectivity index (χ4v) is 2.49. The molecule has 0 fully saturated rings. The molecule has 5 nitrogen and oxygen atoms in total. The molecule has 108 valence electrons. The first-order valence-electron chi connectivity index (χ1n) is 6.43. The molecule has 0 amide bonds. The number of nitrogens with zero attached hydrogens (tertiary/aromatic N) is 1. The number of rotatable bonds is 6. The Labute approximate surface area is 119 Å². The normalized spacial score (nSPS) is 11.7. The lowest BCUT2D eigenvalue weighted by atomic mass is 10.1. The second-order valence-electron chi connectivity index (χ2n) is 4.95. The smallest absolute Gasteiger partial charge is 0.148 e. The maximum atomic E-state index is 11.1. The Morgan fingerprint density at radius 2 is 2.15 bits per heavy atom. The summed E-state index contributed by atoms with van der Waals surface area (Å²) in [6, 6.07) is 8.17. The lowest BCUT2D eigenvalue weighted by Crippen LogP contribution is -2.22. The molecular weight excluding hydrogens is 274 g/mol. The minimum atomic E-state index is -2.92. The van der Waals surface area contributed by atoms with Gasteiger partial charge in [0.25, 0.3) is 0 Å². The number of aryl methyl sites for hydroxylation is 1. The summed E-state index contributed by atoms with van der Waals surface area (Å²) < 4.78 is 22.1. The summed E-state index contributed by atoms with van der Waals surface area (Å²) in [7, 11) is -2.92. The number of hydrogen-bond acceptors (Lipinski definition) is 4. The highest BCUT2D eigenvalue weighted by Crippen LogP contribution is 2.21. The summed E-state index contributed by atoms with van der Waals surface area (Å²) >= 11 is 0. The zero-order valence-electron chi connectivity index (χ0n) is 11.7. The van der Waals surface area contributed by atoms with E-state index in [1.807, 2.05) is 25.1 Å². The van der Waals surface area contributed by atoms with E-state index in [1.54, 1.807) is 6.20 Å². The molecule has 2 aromatic rings. The average Bonchev–Trinajstić information content (AvgIpc) is 2.82. The van der Waals surface area contributed by atoms with E-state index in [0.717, 1.165) is 16.8 Å². The summed E-state index contributed by atoms with van der Waals surface area (Å²) in [5, 5.41) is 10.2. The second kappa shape index (κ2) is 6.19. The van der Waals surface area contributed by atoms with Crippen LogP contribution in [0.2, 0.25) is 0 Å². The summed E-state index contributed by atoms with van der Waals surface area (Å²) in [5.74, 6) is 0.143. The first-order chi connectivity index (χ1) is 9.46. The highest BCUT2D eigenvalue weighted by atomic mass is 32.2. The van der Waals surface area contributed by atoms with Crippen molar-refractivity contribution < 1.29 is 8.42 Å². The van der Waals surface area contributed by atoms with E-state index in [1.165, 1.54) is 11.8 Å². The molecule has 6 heteroatoms. The van der Waals surface area contributed by atoms with E-state index >= 15 is 0 Å². The Morgan fingerprint density at radius 3 is 2.85 bits per heavy atom. The first-order valence-corrected chi connectivity index (χ1v) is 8.49. The van der Waals surface area contributed by atoms with E-state index in [2.05, 4.69) is 21.6 Å². The molecule has 20 heavy (non-hydrogen) atoms. The lowest BCUT2D eigenvalue weighted by Gasteiger charge is -2.06. The number of aromatic amines is 1. The Hall–Kier alpha value is -1.66. The van der Waals surface area contributed by atoms with Gasteiger partial charge >= 0.3 is 0 Å². The monoisotopic (exact) mass is 293 g/mol. The molecule has 0 aliphatic carbocycles. The van der Waals surface area contributed by atoms with Crippen molar-refractivity contribution in [3.63, 3.8) is 0 Å². The largest absolute Gasteiger partial charge is 0.312 e. The van der Waals surface area contributed by atoms with Crippen LogP contribution in [0, 0.1) is 6.92 Å². The third-order valence-electron chi connectivity index (χ3n) is 2.99. The molecule has 0 atom stereocenters. The lowest BCUT2D eigenvalue weighted by molar-refractivity contribution is 0.596. The van der Waals surface area contributed by atoms with E-state index in [0.29, 0.717) is 13.1 Å². The van der Waals surface area contributed by atoms with Crippen molar-refractivity contribution in [1.82, 2.24) is 15.5 Å². The topological polar surface area (TPSA) is 74.8 Å². The van der Waals surface area contributed by atoms with Crippen LogP contribution in [0.15, 0.2) is 30.5 Å². The molecule has 2 N–H and O–H groups in total. The highest BCUT2D eigenvalue weighted by molar-refractivity contribution is 7.90. The van der Waals surface area contributed by atoms with Crippen LogP contribution in [-0.4, -0.2) is 37.2 Å². The number of sulfone groups is 1. The standard InChI is InChI=1S/C14H19N3O2S/c1-11-4-3-5-12(8-11)14-13(10-16-17-14)9-15-6-7-20(2,18)19/h3-5,8,10,15H,6-7,9H2,1-2H3,(H,16,17). The molecule has 0 saturated carbocycles. The van der Waals surface area contributed by atoms with Crippen LogP contribution < -0.4 is 5.32 Å². The van der Waals surface area contributed by atoms with E-state index < -0.39 is 9.84 Å². The first kappa shape index (κ1) is 14.7. The van der Waals surface area contributed by atoms with Crippen LogP contribution in [0.3, 0.4) is 0 Å². The number of hydrogen-bond donors (Lipinski definition) is 2. The van der Waals surface area contributed by atoms with E-state index in [9.17, 15) is 8.42 Å². The van der Waals surface area contributed by atoms with Gasteiger partial charge in [0.15, 0.2) is 0 Å². The summed E-state index contributed by atoms with van der Waals surface area (Å²) in [6.45, 7) is 3.08. The Morgan fingerprint density at radius 1 is 1.35 bits per heavy atom. The fraction of sp³-hybridized carbons (Fsp3) is 0.357. The van der Waals surface area contributed by atoms with Crippen molar-refractivity contribution in [1.29, 1.82) is 0 Å². The summed E-state index contributed by atoms with van der Waals surface area (Å²) in [5.41, 5.74) is 4.28. The zero-order valence-corrected chi connectivity index (χ0v) is 12.5. The zero-order chi connectivity index (χ0) is 14.6. The van der Waals surface area contributed by atoms with Crippen molar-refractivity contribution in [2.24, 2.45) is 0 Å². The minimum Gasteiger partial charge on any atom is -0.312 e. The third kappa shape index (κ3) is 4.18. The quantitative estimate of drug-likeness (QED) is 0.792. The van der Waals surface area contributed by atoms with Crippen LogP contribution in [-0.2, 0) is 16.4 Å². The van der Waals surface area contributed by atoms with Crippen LogP contribution in [0.5, 0.6) is 0 Å². The van der Waals surface area contributed by atoms with Crippen LogP contribution >= 0.6 is 0 Å². The Kier molecular flexibility index (Phi) is 4.57. The molecule has 0 unspecified atom stereocenters. The van der Waals surface area contributed by atoms with Crippen molar-refractivity contribution in [3.8, 4) is 11.3 Å². The van der Waals surface area contributed by atoms with Gasteiger partial charge in [0, 0.05) is 30.5 Å². The number of nitrogens with one attached hydrogen (secondary N) is 2. The second-order valence-corrected chi connectivity index (χ2v) is 7.21. The van der Waals surface area contributed by atoms with Crippen LogP contribution in [0.25, 0.3) is 11.3 Å². The SMILES string of the molecule is Cc1cccc(-c2[nH]ncc2CNCCS(C)(=O)=O)c1. The van der Waals surface area contributed by atoms with Gasteiger partial charge in [0.2, 0.25) is 0 Å². The van der Waals surface area contributed by atoms with Crippen molar-refractivity contribution in [2.45, 2.75) is 13.5 Å². The molecule has 1 aromatic heterocycles. The van der Waals surface area contributed by atoms with Gasteiger partial charge in [0.05, 0.1) is 17.6 Å². The van der Waals surface area contributed by atoms with Gasteiger partial charge in [-0.15, -0.1) is 0 Å².